The highest BCUT2D eigenvalue weighted by Crippen LogP contribution is 2.30. The number of para-hydroxylation sites is 1. The van der Waals surface area contributed by atoms with Gasteiger partial charge in [-0.15, -0.1) is 11.3 Å². The third-order valence-corrected chi connectivity index (χ3v) is 6.03. The maximum atomic E-state index is 12.9. The molecule has 0 unspecified atom stereocenters. The third-order valence-electron chi connectivity index (χ3n) is 5.14. The summed E-state index contributed by atoms with van der Waals surface area (Å²) in [6.45, 7) is 2.04. The lowest BCUT2D eigenvalue weighted by molar-refractivity contribution is 0.104. The lowest BCUT2D eigenvalue weighted by Gasteiger charge is -2.02. The fourth-order valence-electron chi connectivity index (χ4n) is 3.63. The zero-order valence-corrected chi connectivity index (χ0v) is 17.1. The Morgan fingerprint density at radius 1 is 1.20 bits per heavy atom. The van der Waals surface area contributed by atoms with Crippen molar-refractivity contribution in [2.75, 3.05) is 0 Å². The predicted molar refractivity (Wildman–Crippen MR) is 121 cm³/mol. The molecule has 0 spiro atoms. The minimum Gasteiger partial charge on any atom is -0.392 e. The Balaban J connectivity index is 1.57. The van der Waals surface area contributed by atoms with Crippen LogP contribution in [-0.2, 0) is 6.61 Å². The quantitative estimate of drug-likeness (QED) is 0.306. The Morgan fingerprint density at radius 2 is 2.00 bits per heavy atom. The zero-order chi connectivity index (χ0) is 20.7. The molecule has 5 aromatic rings. The molecule has 2 aromatic carbocycles. The standard InChI is InChI=1S/C24H19N3O2S/c1-15-13-27-21(10-11-22(29)19-12-25-20-5-3-2-4-18(19)20)23(26-24(27)30-15)17-8-6-16(14-28)7-9-17/h2-13,25,28H,14H2,1H3. The number of allylic oxidation sites excluding steroid dienone is 1. The topological polar surface area (TPSA) is 70.4 Å². The Hall–Kier alpha value is -3.48. The maximum Gasteiger partial charge on any atom is 0.194 e. The monoisotopic (exact) mass is 413 g/mol. The average molecular weight is 414 g/mol. The number of aliphatic hydroxyl groups excluding tert-OH is 1. The summed E-state index contributed by atoms with van der Waals surface area (Å²) in [4.78, 5) is 22.9. The van der Waals surface area contributed by atoms with E-state index in [2.05, 4.69) is 4.98 Å². The van der Waals surface area contributed by atoms with Gasteiger partial charge in [-0.25, -0.2) is 4.98 Å². The number of carbonyl (C=O) groups excluding carboxylic acids is 1. The number of ketones is 1. The van der Waals surface area contributed by atoms with Crippen molar-refractivity contribution >= 4 is 39.1 Å². The molecule has 0 amide bonds. The number of aromatic amines is 1. The first-order valence-electron chi connectivity index (χ1n) is 9.61. The molecule has 0 radical (unpaired) electrons. The Kier molecular flexibility index (Phi) is 4.58. The molecule has 2 N–H and O–H groups in total. The van der Waals surface area contributed by atoms with E-state index < -0.39 is 0 Å². The number of carbonyl (C=O) groups is 1. The van der Waals surface area contributed by atoms with E-state index in [4.69, 9.17) is 4.98 Å². The van der Waals surface area contributed by atoms with Gasteiger partial charge in [0.05, 0.1) is 18.0 Å². The number of rotatable bonds is 5. The number of imidazole rings is 1. The van der Waals surface area contributed by atoms with Crippen molar-refractivity contribution in [2.24, 2.45) is 0 Å². The summed E-state index contributed by atoms with van der Waals surface area (Å²) >= 11 is 1.61. The first-order chi connectivity index (χ1) is 14.6. The molecule has 0 saturated heterocycles. The van der Waals surface area contributed by atoms with Crippen molar-refractivity contribution in [1.29, 1.82) is 0 Å². The average Bonchev–Trinajstić information content (AvgIpc) is 3.44. The van der Waals surface area contributed by atoms with Crippen LogP contribution in [0.3, 0.4) is 0 Å². The van der Waals surface area contributed by atoms with Gasteiger partial charge < -0.3 is 10.1 Å². The van der Waals surface area contributed by atoms with E-state index in [0.717, 1.165) is 43.3 Å². The van der Waals surface area contributed by atoms with Crippen LogP contribution >= 0.6 is 11.3 Å². The number of aliphatic hydroxyl groups is 1. The van der Waals surface area contributed by atoms with Crippen LogP contribution in [0.4, 0.5) is 0 Å². The minimum atomic E-state index is -0.0593. The van der Waals surface area contributed by atoms with E-state index >= 15 is 0 Å². The van der Waals surface area contributed by atoms with E-state index in [0.29, 0.717) is 5.56 Å². The number of H-pyrrole nitrogens is 1. The summed E-state index contributed by atoms with van der Waals surface area (Å²) in [5.74, 6) is -0.0593. The number of aromatic nitrogens is 3. The number of nitrogens with zero attached hydrogens (tertiary/aromatic N) is 2. The highest BCUT2D eigenvalue weighted by atomic mass is 32.1. The minimum absolute atomic E-state index is 0.00361. The second kappa shape index (κ2) is 7.40. The van der Waals surface area contributed by atoms with Crippen molar-refractivity contribution in [1.82, 2.24) is 14.4 Å². The van der Waals surface area contributed by atoms with Gasteiger partial charge >= 0.3 is 0 Å². The zero-order valence-electron chi connectivity index (χ0n) is 16.3. The van der Waals surface area contributed by atoms with Crippen LogP contribution in [-0.4, -0.2) is 25.3 Å². The molecule has 0 aliphatic carbocycles. The normalized spacial score (nSPS) is 11.8. The molecule has 0 bridgehead atoms. The molecule has 5 nitrogen and oxygen atoms in total. The molecule has 0 aliphatic heterocycles. The number of aryl methyl sites for hydroxylation is 1. The van der Waals surface area contributed by atoms with Crippen LogP contribution in [0.5, 0.6) is 0 Å². The summed E-state index contributed by atoms with van der Waals surface area (Å²) in [6, 6.07) is 15.4. The number of hydrogen-bond acceptors (Lipinski definition) is 4. The largest absolute Gasteiger partial charge is 0.392 e. The highest BCUT2D eigenvalue weighted by Gasteiger charge is 2.15. The van der Waals surface area contributed by atoms with E-state index in [1.165, 1.54) is 0 Å². The third kappa shape index (κ3) is 3.16. The predicted octanol–water partition coefficient (Wildman–Crippen LogP) is 5.24. The van der Waals surface area contributed by atoms with Crippen LogP contribution in [0.15, 0.2) is 67.0 Å². The van der Waals surface area contributed by atoms with Gasteiger partial charge in [0, 0.05) is 39.3 Å². The van der Waals surface area contributed by atoms with Crippen molar-refractivity contribution in [3.63, 3.8) is 0 Å². The SMILES string of the molecule is Cc1cn2c(C=CC(=O)c3c[nH]c4ccccc34)c(-c3ccc(CO)cc3)nc2s1. The first-order valence-corrected chi connectivity index (χ1v) is 10.4. The highest BCUT2D eigenvalue weighted by molar-refractivity contribution is 7.17. The Labute approximate surface area is 177 Å². The van der Waals surface area contributed by atoms with Gasteiger partial charge in [-0.1, -0.05) is 42.5 Å². The van der Waals surface area contributed by atoms with Crippen molar-refractivity contribution in [3.8, 4) is 11.3 Å². The molecular weight excluding hydrogens is 394 g/mol. The molecular formula is C24H19N3O2S. The molecule has 3 aromatic heterocycles. The van der Waals surface area contributed by atoms with Crippen LogP contribution in [0, 0.1) is 6.92 Å². The molecule has 3 heterocycles. The van der Waals surface area contributed by atoms with Gasteiger partial charge in [0.25, 0.3) is 0 Å². The van der Waals surface area contributed by atoms with Crippen LogP contribution in [0.1, 0.15) is 26.5 Å². The first kappa shape index (κ1) is 18.5. The van der Waals surface area contributed by atoms with E-state index in [1.54, 1.807) is 23.6 Å². The number of nitrogens with one attached hydrogen (secondary N) is 1. The molecule has 0 aliphatic rings. The van der Waals surface area contributed by atoms with Gasteiger partial charge in [0.2, 0.25) is 0 Å². The van der Waals surface area contributed by atoms with E-state index in [1.807, 2.05) is 72.1 Å². The Bertz CT molecular complexity index is 1400. The van der Waals surface area contributed by atoms with Gasteiger partial charge in [-0.2, -0.15) is 0 Å². The fraction of sp³-hybridized carbons (Fsp3) is 0.0833. The lowest BCUT2D eigenvalue weighted by Crippen LogP contribution is -1.93. The molecule has 30 heavy (non-hydrogen) atoms. The number of hydrogen-bond donors (Lipinski definition) is 2. The van der Waals surface area contributed by atoms with Gasteiger partial charge in [0.15, 0.2) is 10.7 Å². The van der Waals surface area contributed by atoms with E-state index in [-0.39, 0.29) is 12.4 Å². The van der Waals surface area contributed by atoms with Crippen LogP contribution in [0.25, 0.3) is 33.2 Å². The lowest BCUT2D eigenvalue weighted by atomic mass is 10.1. The summed E-state index contributed by atoms with van der Waals surface area (Å²) in [6.07, 6.45) is 7.24. The van der Waals surface area contributed by atoms with Gasteiger partial charge in [-0.3, -0.25) is 9.20 Å². The molecule has 5 rings (SSSR count). The van der Waals surface area contributed by atoms with Crippen LogP contribution in [0.2, 0.25) is 0 Å². The number of benzene rings is 2. The molecule has 6 heteroatoms. The fourth-order valence-corrected chi connectivity index (χ4v) is 4.46. The summed E-state index contributed by atoms with van der Waals surface area (Å²) < 4.78 is 2.02. The Morgan fingerprint density at radius 3 is 2.80 bits per heavy atom. The molecule has 0 saturated carbocycles. The van der Waals surface area contributed by atoms with Crippen LogP contribution < -0.4 is 0 Å². The second-order valence-electron chi connectivity index (χ2n) is 7.14. The molecule has 0 atom stereocenters. The second-order valence-corrected chi connectivity index (χ2v) is 8.35. The summed E-state index contributed by atoms with van der Waals surface area (Å²) in [5, 5.41) is 10.2. The number of fused-ring (bicyclic) bond motifs is 2. The van der Waals surface area contributed by atoms with Crippen molar-refractivity contribution < 1.29 is 9.90 Å². The van der Waals surface area contributed by atoms with Crippen molar-refractivity contribution in [3.05, 3.63) is 88.7 Å². The summed E-state index contributed by atoms with van der Waals surface area (Å²) in [5.41, 5.74) is 5.06. The van der Waals surface area contributed by atoms with Crippen molar-refractivity contribution in [2.45, 2.75) is 13.5 Å². The number of thiazole rings is 1. The molecule has 148 valence electrons. The van der Waals surface area contributed by atoms with Gasteiger partial charge in [0.1, 0.15) is 0 Å². The van der Waals surface area contributed by atoms with Gasteiger partial charge in [-0.05, 0) is 30.7 Å². The maximum absolute atomic E-state index is 12.9. The smallest absolute Gasteiger partial charge is 0.194 e. The molecule has 0 fully saturated rings. The van der Waals surface area contributed by atoms with E-state index in [9.17, 15) is 9.90 Å². The summed E-state index contributed by atoms with van der Waals surface area (Å²) in [7, 11) is 0.